The average molecular weight is 404 g/mol. The molecule has 0 aliphatic carbocycles. The molecular weight excluding hydrogens is 378 g/mol. The van der Waals surface area contributed by atoms with Gasteiger partial charge in [0.15, 0.2) is 9.84 Å². The molecule has 0 radical (unpaired) electrons. The van der Waals surface area contributed by atoms with Gasteiger partial charge in [0.1, 0.15) is 0 Å². The lowest BCUT2D eigenvalue weighted by molar-refractivity contribution is -0.137. The van der Waals surface area contributed by atoms with Gasteiger partial charge in [-0.25, -0.2) is 8.42 Å². The highest BCUT2D eigenvalue weighted by atomic mass is 35.5. The van der Waals surface area contributed by atoms with Crippen LogP contribution in [0.1, 0.15) is 24.8 Å². The molecule has 2 amide bonds. The Morgan fingerprint density at radius 1 is 1.31 bits per heavy atom. The molecule has 7 nitrogen and oxygen atoms in total. The number of amides is 2. The molecule has 3 N–H and O–H groups in total. The van der Waals surface area contributed by atoms with E-state index in [1.54, 1.807) is 6.92 Å². The highest BCUT2D eigenvalue weighted by Gasteiger charge is 2.30. The van der Waals surface area contributed by atoms with Crippen molar-refractivity contribution in [2.24, 2.45) is 5.73 Å². The molecule has 2 rings (SSSR count). The molecule has 1 aliphatic heterocycles. The molecule has 1 fully saturated rings. The van der Waals surface area contributed by atoms with Gasteiger partial charge in [0.25, 0.3) is 0 Å². The van der Waals surface area contributed by atoms with Crippen LogP contribution < -0.4 is 11.1 Å². The highest BCUT2D eigenvalue weighted by molar-refractivity contribution is 7.91. The van der Waals surface area contributed by atoms with E-state index in [2.05, 4.69) is 5.32 Å². The Hall–Kier alpha value is -1.64. The summed E-state index contributed by atoms with van der Waals surface area (Å²) >= 11 is 0. The lowest BCUT2D eigenvalue weighted by atomic mass is 9.97. The van der Waals surface area contributed by atoms with Crippen molar-refractivity contribution in [3.8, 4) is 0 Å². The maximum Gasteiger partial charge on any atom is 0.239 e. The second-order valence-corrected chi connectivity index (χ2v) is 8.45. The van der Waals surface area contributed by atoms with E-state index in [9.17, 15) is 18.0 Å². The van der Waals surface area contributed by atoms with Crippen molar-refractivity contribution >= 4 is 34.1 Å². The fraction of sp³-hybridized carbons (Fsp3) is 0.529. The van der Waals surface area contributed by atoms with Gasteiger partial charge in [0, 0.05) is 19.1 Å². The van der Waals surface area contributed by atoms with Crippen molar-refractivity contribution in [3.63, 3.8) is 0 Å². The summed E-state index contributed by atoms with van der Waals surface area (Å²) in [6.07, 6.45) is 0.420. The Bertz CT molecular complexity index is 712. The largest absolute Gasteiger partial charge is 0.351 e. The van der Waals surface area contributed by atoms with Crippen LogP contribution >= 0.6 is 12.4 Å². The summed E-state index contributed by atoms with van der Waals surface area (Å²) < 4.78 is 22.9. The summed E-state index contributed by atoms with van der Waals surface area (Å²) in [7, 11) is -3.06. The number of carbonyl (C=O) groups excluding carboxylic acids is 2. The topological polar surface area (TPSA) is 110 Å². The number of hydrogen-bond acceptors (Lipinski definition) is 5. The maximum atomic E-state index is 12.8. The average Bonchev–Trinajstić information content (AvgIpc) is 2.92. The maximum absolute atomic E-state index is 12.8. The van der Waals surface area contributed by atoms with Gasteiger partial charge in [0.05, 0.1) is 24.0 Å². The Balaban J connectivity index is 0.00000338. The number of sulfone groups is 1. The van der Waals surface area contributed by atoms with E-state index in [-0.39, 0.29) is 54.9 Å². The standard InChI is InChI=1S/C17H25N3O4S.ClH/c1-2-20(11-16(21)19-14-8-9-25(23,24)12-14)17(22)15(10-18)13-6-4-3-5-7-13;/h3-7,14-15H,2,8-12,18H2,1H3,(H,19,21);1H. The molecule has 146 valence electrons. The molecule has 1 aliphatic rings. The minimum Gasteiger partial charge on any atom is -0.351 e. The summed E-state index contributed by atoms with van der Waals surface area (Å²) in [6.45, 7) is 2.22. The Labute approximate surface area is 160 Å². The van der Waals surface area contributed by atoms with Crippen molar-refractivity contribution in [2.45, 2.75) is 25.3 Å². The lowest BCUT2D eigenvalue weighted by Gasteiger charge is -2.26. The molecule has 1 saturated heterocycles. The summed E-state index contributed by atoms with van der Waals surface area (Å²) in [6, 6.07) is 8.86. The molecule has 26 heavy (non-hydrogen) atoms. The van der Waals surface area contributed by atoms with Gasteiger partial charge in [-0.05, 0) is 18.9 Å². The Morgan fingerprint density at radius 2 is 1.96 bits per heavy atom. The first-order chi connectivity index (χ1) is 11.9. The van der Waals surface area contributed by atoms with E-state index < -0.39 is 15.8 Å². The molecule has 9 heteroatoms. The van der Waals surface area contributed by atoms with E-state index in [4.69, 9.17) is 5.73 Å². The van der Waals surface area contributed by atoms with Crippen LogP contribution in [0.5, 0.6) is 0 Å². The van der Waals surface area contributed by atoms with Gasteiger partial charge in [0.2, 0.25) is 11.8 Å². The molecule has 2 atom stereocenters. The van der Waals surface area contributed by atoms with Gasteiger partial charge in [-0.15, -0.1) is 12.4 Å². The van der Waals surface area contributed by atoms with Crippen molar-refractivity contribution in [3.05, 3.63) is 35.9 Å². The number of likely N-dealkylation sites (N-methyl/N-ethyl adjacent to an activating group) is 1. The predicted octanol–water partition coefficient (Wildman–Crippen LogP) is 0.303. The fourth-order valence-corrected chi connectivity index (χ4v) is 4.66. The summed E-state index contributed by atoms with van der Waals surface area (Å²) in [5.74, 6) is -0.987. The normalized spacial score (nSPS) is 19.2. The summed E-state index contributed by atoms with van der Waals surface area (Å²) in [5.41, 5.74) is 6.59. The number of benzene rings is 1. The number of carbonyl (C=O) groups is 2. The minimum atomic E-state index is -3.06. The Morgan fingerprint density at radius 3 is 2.46 bits per heavy atom. The van der Waals surface area contributed by atoms with Crippen LogP contribution in [-0.4, -0.2) is 62.3 Å². The van der Waals surface area contributed by atoms with Crippen molar-refractivity contribution in [2.75, 3.05) is 31.1 Å². The molecule has 1 aromatic carbocycles. The number of halogens is 1. The molecular formula is C17H26ClN3O4S. The fourth-order valence-electron chi connectivity index (χ4n) is 2.99. The zero-order valence-corrected chi connectivity index (χ0v) is 16.4. The second kappa shape index (κ2) is 9.89. The first kappa shape index (κ1) is 22.4. The number of rotatable bonds is 7. The third-order valence-corrected chi connectivity index (χ3v) is 6.13. The van der Waals surface area contributed by atoms with Crippen LogP contribution in [-0.2, 0) is 19.4 Å². The van der Waals surface area contributed by atoms with Gasteiger partial charge in [-0.1, -0.05) is 30.3 Å². The van der Waals surface area contributed by atoms with E-state index in [1.807, 2.05) is 30.3 Å². The molecule has 0 aromatic heterocycles. The Kier molecular flexibility index (Phi) is 8.52. The molecule has 2 unspecified atom stereocenters. The number of nitrogens with zero attached hydrogens (tertiary/aromatic N) is 1. The van der Waals surface area contributed by atoms with Gasteiger partial charge >= 0.3 is 0 Å². The van der Waals surface area contributed by atoms with Crippen LogP contribution in [0.15, 0.2) is 30.3 Å². The first-order valence-electron chi connectivity index (χ1n) is 8.40. The van der Waals surface area contributed by atoms with Gasteiger partial charge < -0.3 is 16.0 Å². The zero-order chi connectivity index (χ0) is 18.4. The van der Waals surface area contributed by atoms with E-state index in [1.165, 1.54) is 4.90 Å². The van der Waals surface area contributed by atoms with Crippen molar-refractivity contribution in [1.82, 2.24) is 10.2 Å². The molecule has 0 saturated carbocycles. The lowest BCUT2D eigenvalue weighted by Crippen LogP contribution is -2.46. The summed E-state index contributed by atoms with van der Waals surface area (Å²) in [5, 5.41) is 2.71. The predicted molar refractivity (Wildman–Crippen MR) is 103 cm³/mol. The second-order valence-electron chi connectivity index (χ2n) is 6.22. The van der Waals surface area contributed by atoms with Crippen LogP contribution in [0.2, 0.25) is 0 Å². The van der Waals surface area contributed by atoms with Crippen LogP contribution in [0, 0.1) is 0 Å². The SMILES string of the molecule is CCN(CC(=O)NC1CCS(=O)(=O)C1)C(=O)C(CN)c1ccccc1.Cl. The van der Waals surface area contributed by atoms with E-state index in [0.29, 0.717) is 13.0 Å². The van der Waals surface area contributed by atoms with E-state index in [0.717, 1.165) is 5.56 Å². The smallest absolute Gasteiger partial charge is 0.239 e. The molecule has 0 spiro atoms. The number of nitrogens with one attached hydrogen (secondary N) is 1. The number of nitrogens with two attached hydrogens (primary N) is 1. The third-order valence-electron chi connectivity index (χ3n) is 4.36. The highest BCUT2D eigenvalue weighted by Crippen LogP contribution is 2.17. The van der Waals surface area contributed by atoms with Crippen LogP contribution in [0.4, 0.5) is 0 Å². The van der Waals surface area contributed by atoms with Crippen molar-refractivity contribution < 1.29 is 18.0 Å². The third kappa shape index (κ3) is 5.96. The minimum absolute atomic E-state index is 0. The van der Waals surface area contributed by atoms with Gasteiger partial charge in [-0.3, -0.25) is 9.59 Å². The first-order valence-corrected chi connectivity index (χ1v) is 10.2. The van der Waals surface area contributed by atoms with E-state index >= 15 is 0 Å². The van der Waals surface area contributed by atoms with Crippen molar-refractivity contribution in [1.29, 1.82) is 0 Å². The zero-order valence-electron chi connectivity index (χ0n) is 14.8. The summed E-state index contributed by atoms with van der Waals surface area (Å²) in [4.78, 5) is 26.4. The quantitative estimate of drug-likeness (QED) is 0.680. The molecule has 1 heterocycles. The molecule has 1 aromatic rings. The monoisotopic (exact) mass is 403 g/mol. The number of hydrogen-bond donors (Lipinski definition) is 2. The van der Waals surface area contributed by atoms with Crippen LogP contribution in [0.25, 0.3) is 0 Å². The molecule has 0 bridgehead atoms. The van der Waals surface area contributed by atoms with Crippen LogP contribution in [0.3, 0.4) is 0 Å². The van der Waals surface area contributed by atoms with Gasteiger partial charge in [-0.2, -0.15) is 0 Å².